The van der Waals surface area contributed by atoms with E-state index >= 15 is 0 Å². The molecule has 0 saturated carbocycles. The lowest BCUT2D eigenvalue weighted by Crippen LogP contribution is -2.02. The normalized spacial score (nSPS) is 10.7. The van der Waals surface area contributed by atoms with Crippen LogP contribution in [0.4, 0.5) is 0 Å². The lowest BCUT2D eigenvalue weighted by Gasteiger charge is -2.01. The molecule has 0 fully saturated rings. The fraction of sp³-hybridized carbons (Fsp3) is 0.125. The van der Waals surface area contributed by atoms with E-state index in [-0.39, 0.29) is 5.78 Å². The molecule has 4 heteroatoms. The second-order valence-corrected chi connectivity index (χ2v) is 5.47. The summed E-state index contributed by atoms with van der Waals surface area (Å²) in [4.78, 5) is 16.6. The largest absolute Gasteiger partial charge is 0.497 e. The summed E-state index contributed by atoms with van der Waals surface area (Å²) in [6.07, 6.45) is 0.365. The fourth-order valence-corrected chi connectivity index (χ4v) is 2.90. The molecule has 0 aliphatic carbocycles. The van der Waals surface area contributed by atoms with Crippen LogP contribution in [0.1, 0.15) is 15.4 Å². The molecule has 3 nitrogen and oxygen atoms in total. The molecule has 1 heterocycles. The van der Waals surface area contributed by atoms with Gasteiger partial charge in [-0.15, -0.1) is 11.3 Å². The van der Waals surface area contributed by atoms with Crippen molar-refractivity contribution in [3.8, 4) is 5.75 Å². The summed E-state index contributed by atoms with van der Waals surface area (Å²) in [5.41, 5.74) is 1.85. The van der Waals surface area contributed by atoms with E-state index in [9.17, 15) is 4.79 Å². The lowest BCUT2D eigenvalue weighted by atomic mass is 10.1. The molecule has 100 valence electrons. The topological polar surface area (TPSA) is 39.2 Å². The summed E-state index contributed by atoms with van der Waals surface area (Å²) in [5.74, 6) is 0.845. The predicted molar refractivity (Wildman–Crippen MR) is 80.6 cm³/mol. The highest BCUT2D eigenvalue weighted by Gasteiger charge is 2.12. The van der Waals surface area contributed by atoms with Crippen molar-refractivity contribution in [1.29, 1.82) is 0 Å². The smallest absolute Gasteiger partial charge is 0.195 e. The molecule has 0 N–H and O–H groups in total. The number of rotatable bonds is 4. The maximum atomic E-state index is 12.3. The number of ether oxygens (including phenoxy) is 1. The van der Waals surface area contributed by atoms with E-state index in [1.54, 1.807) is 7.11 Å². The molecule has 0 atom stereocenters. The van der Waals surface area contributed by atoms with Crippen molar-refractivity contribution in [1.82, 2.24) is 4.98 Å². The Hall–Kier alpha value is -2.20. The van der Waals surface area contributed by atoms with Gasteiger partial charge in [0.25, 0.3) is 0 Å². The van der Waals surface area contributed by atoms with Gasteiger partial charge in [0.1, 0.15) is 5.75 Å². The second-order valence-electron chi connectivity index (χ2n) is 4.43. The predicted octanol–water partition coefficient (Wildman–Crippen LogP) is 3.73. The zero-order valence-electron chi connectivity index (χ0n) is 11.0. The van der Waals surface area contributed by atoms with Crippen LogP contribution in [-0.2, 0) is 6.42 Å². The summed E-state index contributed by atoms with van der Waals surface area (Å²) < 4.78 is 6.15. The van der Waals surface area contributed by atoms with Crippen molar-refractivity contribution in [3.05, 3.63) is 59.1 Å². The molecule has 0 aliphatic heterocycles. The maximum Gasteiger partial charge on any atom is 0.195 e. The standard InChI is InChI=1S/C16H13NO2S/c1-19-12-8-6-11(7-9-12)10-14(18)16-17-13-4-2-3-5-15(13)20-16/h2-9H,10H2,1H3. The van der Waals surface area contributed by atoms with Gasteiger partial charge in [0.05, 0.1) is 17.3 Å². The zero-order chi connectivity index (χ0) is 13.9. The summed E-state index contributed by atoms with van der Waals surface area (Å²) in [5, 5.41) is 0.571. The first-order valence-electron chi connectivity index (χ1n) is 6.28. The summed E-state index contributed by atoms with van der Waals surface area (Å²) in [6.45, 7) is 0. The first-order valence-corrected chi connectivity index (χ1v) is 7.09. The Morgan fingerprint density at radius 3 is 2.60 bits per heavy atom. The molecular weight excluding hydrogens is 270 g/mol. The van der Waals surface area contributed by atoms with Gasteiger partial charge < -0.3 is 4.74 Å². The Morgan fingerprint density at radius 2 is 1.90 bits per heavy atom. The fourth-order valence-electron chi connectivity index (χ4n) is 2.00. The van der Waals surface area contributed by atoms with Crippen molar-refractivity contribution in [2.24, 2.45) is 0 Å². The summed E-state index contributed by atoms with van der Waals surface area (Å²) >= 11 is 1.45. The second kappa shape index (κ2) is 5.43. The van der Waals surface area contributed by atoms with Gasteiger partial charge in [0.2, 0.25) is 0 Å². The number of thiazole rings is 1. The van der Waals surface area contributed by atoms with E-state index in [0.29, 0.717) is 11.4 Å². The van der Waals surface area contributed by atoms with Crippen molar-refractivity contribution in [2.75, 3.05) is 7.11 Å². The molecule has 20 heavy (non-hydrogen) atoms. The number of carbonyl (C=O) groups excluding carboxylic acids is 1. The molecule has 0 radical (unpaired) electrons. The minimum absolute atomic E-state index is 0.0522. The van der Waals surface area contributed by atoms with Crippen LogP contribution >= 0.6 is 11.3 Å². The summed E-state index contributed by atoms with van der Waals surface area (Å²) in [7, 11) is 1.63. The van der Waals surface area contributed by atoms with Crippen molar-refractivity contribution in [2.45, 2.75) is 6.42 Å². The number of Topliss-reactive ketones (excluding diaryl/α,β-unsaturated/α-hetero) is 1. The average Bonchev–Trinajstić information content (AvgIpc) is 2.92. The highest BCUT2D eigenvalue weighted by molar-refractivity contribution is 7.20. The van der Waals surface area contributed by atoms with Crippen LogP contribution in [0, 0.1) is 0 Å². The SMILES string of the molecule is COc1ccc(CC(=O)c2nc3ccccc3s2)cc1. The Kier molecular flexibility index (Phi) is 3.48. The van der Waals surface area contributed by atoms with Gasteiger partial charge >= 0.3 is 0 Å². The van der Waals surface area contributed by atoms with E-state index in [1.165, 1.54) is 11.3 Å². The van der Waals surface area contributed by atoms with E-state index in [2.05, 4.69) is 4.98 Å². The number of benzene rings is 2. The number of hydrogen-bond donors (Lipinski definition) is 0. The van der Waals surface area contributed by atoms with Gasteiger partial charge in [-0.2, -0.15) is 0 Å². The number of hydrogen-bond acceptors (Lipinski definition) is 4. The third-order valence-corrected chi connectivity index (χ3v) is 4.13. The molecule has 1 aromatic heterocycles. The lowest BCUT2D eigenvalue weighted by molar-refractivity contribution is 0.0993. The number of ketones is 1. The highest BCUT2D eigenvalue weighted by Crippen LogP contribution is 2.23. The van der Waals surface area contributed by atoms with Crippen LogP contribution in [0.25, 0.3) is 10.2 Å². The monoisotopic (exact) mass is 283 g/mol. The van der Waals surface area contributed by atoms with Gasteiger partial charge in [-0.3, -0.25) is 4.79 Å². The van der Waals surface area contributed by atoms with Gasteiger partial charge in [-0.1, -0.05) is 24.3 Å². The van der Waals surface area contributed by atoms with Crippen LogP contribution in [-0.4, -0.2) is 17.9 Å². The molecule has 0 unspecified atom stereocenters. The van der Waals surface area contributed by atoms with E-state index in [1.807, 2.05) is 48.5 Å². The first-order chi connectivity index (χ1) is 9.76. The number of methoxy groups -OCH3 is 1. The molecule has 0 bridgehead atoms. The van der Waals surface area contributed by atoms with Crippen molar-refractivity contribution >= 4 is 27.3 Å². The minimum atomic E-state index is 0.0522. The Balaban J connectivity index is 1.81. The first kappa shape index (κ1) is 12.8. The van der Waals surface area contributed by atoms with Gasteiger partial charge in [-0.05, 0) is 29.8 Å². The molecule has 0 aliphatic rings. The van der Waals surface area contributed by atoms with Crippen LogP contribution in [0.3, 0.4) is 0 Å². The van der Waals surface area contributed by atoms with Crippen molar-refractivity contribution < 1.29 is 9.53 Å². The van der Waals surface area contributed by atoms with Gasteiger partial charge in [0.15, 0.2) is 10.8 Å². The molecule has 3 rings (SSSR count). The number of aromatic nitrogens is 1. The number of nitrogens with zero attached hydrogens (tertiary/aromatic N) is 1. The maximum absolute atomic E-state index is 12.3. The van der Waals surface area contributed by atoms with Crippen LogP contribution in [0.5, 0.6) is 5.75 Å². The molecule has 0 saturated heterocycles. The summed E-state index contributed by atoms with van der Waals surface area (Å²) in [6, 6.07) is 15.3. The Labute approximate surface area is 120 Å². The number of carbonyl (C=O) groups is 1. The molecular formula is C16H13NO2S. The average molecular weight is 283 g/mol. The third kappa shape index (κ3) is 2.56. The van der Waals surface area contributed by atoms with E-state index < -0.39 is 0 Å². The van der Waals surface area contributed by atoms with E-state index in [0.717, 1.165) is 21.5 Å². The molecule has 2 aromatic carbocycles. The number of para-hydroxylation sites is 1. The van der Waals surface area contributed by atoms with Crippen LogP contribution in [0.15, 0.2) is 48.5 Å². The third-order valence-electron chi connectivity index (χ3n) is 3.06. The van der Waals surface area contributed by atoms with E-state index in [4.69, 9.17) is 4.74 Å². The Morgan fingerprint density at radius 1 is 1.15 bits per heavy atom. The molecule has 0 amide bonds. The van der Waals surface area contributed by atoms with Gasteiger partial charge in [0, 0.05) is 6.42 Å². The highest BCUT2D eigenvalue weighted by atomic mass is 32.1. The molecule has 0 spiro atoms. The van der Waals surface area contributed by atoms with Gasteiger partial charge in [-0.25, -0.2) is 4.98 Å². The number of fused-ring (bicyclic) bond motifs is 1. The Bertz CT molecular complexity index is 714. The van der Waals surface area contributed by atoms with Crippen LogP contribution < -0.4 is 4.74 Å². The molecule has 3 aromatic rings. The van der Waals surface area contributed by atoms with Crippen LogP contribution in [0.2, 0.25) is 0 Å². The zero-order valence-corrected chi connectivity index (χ0v) is 11.8. The quantitative estimate of drug-likeness (QED) is 0.685. The minimum Gasteiger partial charge on any atom is -0.497 e. The van der Waals surface area contributed by atoms with Crippen molar-refractivity contribution in [3.63, 3.8) is 0 Å².